The number of benzene rings is 1. The van der Waals surface area contributed by atoms with Crippen LogP contribution in [0.1, 0.15) is 31.2 Å². The van der Waals surface area contributed by atoms with Gasteiger partial charge in [0.05, 0.1) is 17.8 Å². The van der Waals surface area contributed by atoms with E-state index in [9.17, 15) is 22.4 Å². The van der Waals surface area contributed by atoms with Crippen LogP contribution in [0.2, 0.25) is 0 Å². The maximum atomic E-state index is 14.3. The van der Waals surface area contributed by atoms with Gasteiger partial charge in [-0.2, -0.15) is 13.2 Å². The largest absolute Gasteiger partial charge is 0.433 e. The van der Waals surface area contributed by atoms with Crippen molar-refractivity contribution in [2.24, 2.45) is 0 Å². The molecule has 2 fully saturated rings. The number of carbonyl (C=O) groups is 1. The van der Waals surface area contributed by atoms with Gasteiger partial charge in [0.2, 0.25) is 0 Å². The highest BCUT2D eigenvalue weighted by molar-refractivity contribution is 5.97. The molecule has 1 spiro atoms. The number of alkyl halides is 3. The summed E-state index contributed by atoms with van der Waals surface area (Å²) in [6.45, 7) is 3.88. The second-order valence-electron chi connectivity index (χ2n) is 8.42. The van der Waals surface area contributed by atoms with E-state index in [1.54, 1.807) is 31.2 Å². The molecule has 2 saturated heterocycles. The monoisotopic (exact) mass is 451 g/mol. The molecule has 0 radical (unpaired) electrons. The highest BCUT2D eigenvalue weighted by atomic mass is 19.4. The Morgan fingerprint density at radius 3 is 2.53 bits per heavy atom. The Bertz CT molecular complexity index is 974. The van der Waals surface area contributed by atoms with E-state index in [1.165, 1.54) is 17.0 Å². The summed E-state index contributed by atoms with van der Waals surface area (Å²) in [6, 6.07) is 10.2. The van der Waals surface area contributed by atoms with E-state index in [2.05, 4.69) is 9.88 Å². The molecule has 4 rings (SSSR count). The molecule has 9 heteroatoms. The highest BCUT2D eigenvalue weighted by Crippen LogP contribution is 2.36. The summed E-state index contributed by atoms with van der Waals surface area (Å²) in [6.07, 6.45) is -3.43. The molecule has 2 aromatic rings. The molecule has 0 N–H and O–H groups in total. The number of nitrogens with zero attached hydrogens (tertiary/aromatic N) is 3. The molecule has 2 aliphatic heterocycles. The normalized spacial score (nSPS) is 21.8. The fourth-order valence-electron chi connectivity index (χ4n) is 4.43. The van der Waals surface area contributed by atoms with E-state index >= 15 is 0 Å². The zero-order chi connectivity index (χ0) is 22.9. The fourth-order valence-corrected chi connectivity index (χ4v) is 4.43. The Kier molecular flexibility index (Phi) is 6.22. The number of hydrogen-bond acceptors (Lipinski definition) is 4. The van der Waals surface area contributed by atoms with Gasteiger partial charge >= 0.3 is 6.18 Å². The SMILES string of the molecule is CC1OC2(CCN(CCc3cccc(C(F)(F)F)n3)CC2)CN(c2ccccc2F)C1=O. The minimum absolute atomic E-state index is 0.255. The zero-order valence-electron chi connectivity index (χ0n) is 17.7. The Hall–Kier alpha value is -2.52. The lowest BCUT2D eigenvalue weighted by molar-refractivity contribution is -0.161. The molecule has 5 nitrogen and oxygen atoms in total. The van der Waals surface area contributed by atoms with Crippen molar-refractivity contribution in [2.75, 3.05) is 31.1 Å². The number of hydrogen-bond donors (Lipinski definition) is 0. The Morgan fingerprint density at radius 1 is 1.12 bits per heavy atom. The molecule has 1 amide bonds. The topological polar surface area (TPSA) is 45.7 Å². The van der Waals surface area contributed by atoms with Gasteiger partial charge in [0.25, 0.3) is 5.91 Å². The number of piperidine rings is 1. The van der Waals surface area contributed by atoms with Crippen LogP contribution in [0.5, 0.6) is 0 Å². The predicted octanol–water partition coefficient (Wildman–Crippen LogP) is 4.07. The first-order valence-electron chi connectivity index (χ1n) is 10.7. The van der Waals surface area contributed by atoms with Crippen molar-refractivity contribution in [1.29, 1.82) is 0 Å². The van der Waals surface area contributed by atoms with Gasteiger partial charge in [-0.3, -0.25) is 4.79 Å². The van der Waals surface area contributed by atoms with Crippen LogP contribution >= 0.6 is 0 Å². The van der Waals surface area contributed by atoms with Crippen molar-refractivity contribution < 1.29 is 27.1 Å². The van der Waals surface area contributed by atoms with E-state index < -0.39 is 29.4 Å². The van der Waals surface area contributed by atoms with Crippen LogP contribution in [0.3, 0.4) is 0 Å². The fraction of sp³-hybridized carbons (Fsp3) is 0.478. The van der Waals surface area contributed by atoms with Crippen LogP contribution in [0.15, 0.2) is 42.5 Å². The van der Waals surface area contributed by atoms with Crippen molar-refractivity contribution in [3.05, 3.63) is 59.7 Å². The second-order valence-corrected chi connectivity index (χ2v) is 8.42. The molecular weight excluding hydrogens is 426 g/mol. The van der Waals surface area contributed by atoms with Gasteiger partial charge < -0.3 is 14.5 Å². The van der Waals surface area contributed by atoms with Gasteiger partial charge in [0.15, 0.2) is 0 Å². The number of para-hydroxylation sites is 1. The zero-order valence-corrected chi connectivity index (χ0v) is 17.7. The molecule has 0 saturated carbocycles. The number of anilines is 1. The number of aromatic nitrogens is 1. The molecule has 172 valence electrons. The minimum Gasteiger partial charge on any atom is -0.360 e. The molecular formula is C23H25F4N3O2. The number of likely N-dealkylation sites (tertiary alicyclic amines) is 1. The summed E-state index contributed by atoms with van der Waals surface area (Å²) in [4.78, 5) is 20.0. The lowest BCUT2D eigenvalue weighted by atomic mass is 9.88. The van der Waals surface area contributed by atoms with E-state index in [1.807, 2.05) is 0 Å². The number of pyridine rings is 1. The lowest BCUT2D eigenvalue weighted by Gasteiger charge is -2.49. The van der Waals surface area contributed by atoms with Crippen LogP contribution in [-0.2, 0) is 22.1 Å². The summed E-state index contributed by atoms with van der Waals surface area (Å²) in [5.74, 6) is -0.713. The van der Waals surface area contributed by atoms with Crippen molar-refractivity contribution >= 4 is 11.6 Å². The first-order chi connectivity index (χ1) is 15.2. The van der Waals surface area contributed by atoms with Gasteiger partial charge in [0.1, 0.15) is 17.6 Å². The van der Waals surface area contributed by atoms with Crippen LogP contribution in [0.25, 0.3) is 0 Å². The van der Waals surface area contributed by atoms with Gasteiger partial charge in [-0.1, -0.05) is 18.2 Å². The van der Waals surface area contributed by atoms with Crippen molar-refractivity contribution in [1.82, 2.24) is 9.88 Å². The quantitative estimate of drug-likeness (QED) is 0.658. The average molecular weight is 451 g/mol. The lowest BCUT2D eigenvalue weighted by Crippen LogP contribution is -2.61. The van der Waals surface area contributed by atoms with E-state index in [0.29, 0.717) is 44.6 Å². The van der Waals surface area contributed by atoms with Crippen LogP contribution in [0.4, 0.5) is 23.2 Å². The third-order valence-electron chi connectivity index (χ3n) is 6.18. The average Bonchev–Trinajstić information content (AvgIpc) is 2.76. The summed E-state index contributed by atoms with van der Waals surface area (Å²) in [5.41, 5.74) is -0.792. The summed E-state index contributed by atoms with van der Waals surface area (Å²) in [7, 11) is 0. The Labute approximate surface area is 184 Å². The molecule has 1 atom stereocenters. The Morgan fingerprint density at radius 2 is 1.84 bits per heavy atom. The molecule has 0 bridgehead atoms. The molecule has 0 aliphatic carbocycles. The summed E-state index contributed by atoms with van der Waals surface area (Å²) >= 11 is 0. The number of morpholine rings is 1. The van der Waals surface area contributed by atoms with Gasteiger partial charge in [-0.15, -0.1) is 0 Å². The second kappa shape index (κ2) is 8.78. The molecule has 1 unspecified atom stereocenters. The third kappa shape index (κ3) is 4.78. The molecule has 1 aromatic carbocycles. The molecule has 2 aliphatic rings. The minimum atomic E-state index is -4.45. The Balaban J connectivity index is 1.38. The van der Waals surface area contributed by atoms with Gasteiger partial charge in [0, 0.05) is 31.7 Å². The maximum absolute atomic E-state index is 14.3. The smallest absolute Gasteiger partial charge is 0.360 e. The van der Waals surface area contributed by atoms with Crippen molar-refractivity contribution in [2.45, 2.75) is 44.1 Å². The summed E-state index contributed by atoms with van der Waals surface area (Å²) in [5, 5.41) is 0. The molecule has 1 aromatic heterocycles. The highest BCUT2D eigenvalue weighted by Gasteiger charge is 2.46. The first kappa shape index (κ1) is 22.7. The third-order valence-corrected chi connectivity index (χ3v) is 6.18. The predicted molar refractivity (Wildman–Crippen MR) is 111 cm³/mol. The van der Waals surface area contributed by atoms with E-state index in [0.717, 1.165) is 6.07 Å². The van der Waals surface area contributed by atoms with Crippen LogP contribution < -0.4 is 4.90 Å². The number of amides is 1. The number of rotatable bonds is 4. The summed E-state index contributed by atoms with van der Waals surface area (Å²) < 4.78 is 59.0. The van der Waals surface area contributed by atoms with Crippen molar-refractivity contribution in [3.63, 3.8) is 0 Å². The number of carbonyl (C=O) groups excluding carboxylic acids is 1. The first-order valence-corrected chi connectivity index (χ1v) is 10.7. The van der Waals surface area contributed by atoms with Crippen LogP contribution in [-0.4, -0.2) is 53.7 Å². The van der Waals surface area contributed by atoms with E-state index in [4.69, 9.17) is 4.74 Å². The standard InChI is InChI=1S/C23H25F4N3O2/c1-16-21(31)30(19-7-3-2-6-18(19)24)15-22(32-16)10-13-29(14-11-22)12-9-17-5-4-8-20(28-17)23(25,26)27/h2-8,16H,9-15H2,1H3. The molecule has 32 heavy (non-hydrogen) atoms. The van der Waals surface area contributed by atoms with Gasteiger partial charge in [-0.05, 0) is 44.0 Å². The van der Waals surface area contributed by atoms with Crippen LogP contribution in [0, 0.1) is 5.82 Å². The maximum Gasteiger partial charge on any atom is 0.433 e. The van der Waals surface area contributed by atoms with Gasteiger partial charge in [-0.25, -0.2) is 9.37 Å². The van der Waals surface area contributed by atoms with Crippen molar-refractivity contribution in [3.8, 4) is 0 Å². The number of ether oxygens (including phenoxy) is 1. The van der Waals surface area contributed by atoms with E-state index in [-0.39, 0.29) is 18.1 Å². The number of halogens is 4. The molecule has 3 heterocycles.